The molecule has 1 aliphatic heterocycles. The lowest BCUT2D eigenvalue weighted by molar-refractivity contribution is -0.134. The fraction of sp³-hybridized carbons (Fsp3) is 0.444. The van der Waals surface area contributed by atoms with Crippen molar-refractivity contribution in [3.8, 4) is 0 Å². The Morgan fingerprint density at radius 3 is 2.96 bits per heavy atom. The van der Waals surface area contributed by atoms with Crippen LogP contribution in [-0.4, -0.2) is 44.6 Å². The molecule has 8 heteroatoms. The summed E-state index contributed by atoms with van der Waals surface area (Å²) < 4.78 is 6.87. The van der Waals surface area contributed by atoms with Crippen molar-refractivity contribution >= 4 is 5.91 Å². The molecule has 1 saturated heterocycles. The van der Waals surface area contributed by atoms with E-state index >= 15 is 0 Å². The number of carbonyl (C=O) groups excluding carboxylic acids is 1. The predicted molar refractivity (Wildman–Crippen MR) is 94.7 cm³/mol. The second-order valence-electron chi connectivity index (χ2n) is 6.43. The molecule has 3 rings (SSSR count). The van der Waals surface area contributed by atoms with Gasteiger partial charge in [-0.25, -0.2) is 4.79 Å². The third kappa shape index (κ3) is 4.45. The first kappa shape index (κ1) is 18.1. The van der Waals surface area contributed by atoms with Crippen molar-refractivity contribution in [2.75, 3.05) is 13.2 Å². The van der Waals surface area contributed by atoms with E-state index in [1.165, 1.54) is 10.8 Å². The summed E-state index contributed by atoms with van der Waals surface area (Å²) in [6.07, 6.45) is 4.97. The summed E-state index contributed by atoms with van der Waals surface area (Å²) in [4.78, 5) is 44.4. The van der Waals surface area contributed by atoms with E-state index in [4.69, 9.17) is 4.74 Å². The minimum absolute atomic E-state index is 0.00306. The number of hydrogen-bond donors (Lipinski definition) is 1. The molecule has 0 saturated carbocycles. The summed E-state index contributed by atoms with van der Waals surface area (Å²) in [5.74, 6) is -0.222. The Bertz CT molecular complexity index is 869. The average Bonchev–Trinajstić information content (AvgIpc) is 3.13. The average molecular weight is 358 g/mol. The molecule has 1 atom stereocenters. The van der Waals surface area contributed by atoms with Crippen LogP contribution in [0.2, 0.25) is 0 Å². The zero-order valence-electron chi connectivity index (χ0n) is 14.7. The molecule has 2 aromatic heterocycles. The van der Waals surface area contributed by atoms with Gasteiger partial charge in [-0.05, 0) is 31.9 Å². The maximum atomic E-state index is 12.8. The first-order chi connectivity index (χ1) is 12.5. The lowest BCUT2D eigenvalue weighted by Gasteiger charge is -2.25. The molecule has 0 unspecified atom stereocenters. The van der Waals surface area contributed by atoms with Crippen LogP contribution < -0.4 is 11.2 Å². The number of H-pyrrole nitrogens is 1. The Hall–Kier alpha value is -2.74. The maximum Gasteiger partial charge on any atom is 0.328 e. The molecule has 0 spiro atoms. The zero-order chi connectivity index (χ0) is 18.5. The summed E-state index contributed by atoms with van der Waals surface area (Å²) in [5.41, 5.74) is 0.115. The van der Waals surface area contributed by atoms with Crippen LogP contribution >= 0.6 is 0 Å². The van der Waals surface area contributed by atoms with Gasteiger partial charge in [0.2, 0.25) is 5.91 Å². The summed E-state index contributed by atoms with van der Waals surface area (Å²) in [6.45, 7) is 2.95. The maximum absolute atomic E-state index is 12.8. The van der Waals surface area contributed by atoms with Gasteiger partial charge in [-0.3, -0.25) is 24.1 Å². The minimum atomic E-state index is -0.594. The van der Waals surface area contributed by atoms with Gasteiger partial charge in [0.1, 0.15) is 6.54 Å². The first-order valence-electron chi connectivity index (χ1n) is 8.62. The number of amides is 1. The zero-order valence-corrected chi connectivity index (χ0v) is 14.7. The molecule has 0 aliphatic carbocycles. The third-order valence-electron chi connectivity index (χ3n) is 4.37. The van der Waals surface area contributed by atoms with Gasteiger partial charge in [0.05, 0.1) is 18.3 Å². The highest BCUT2D eigenvalue weighted by Crippen LogP contribution is 2.15. The Labute approximate surface area is 150 Å². The molecular weight excluding hydrogens is 336 g/mol. The highest BCUT2D eigenvalue weighted by molar-refractivity contribution is 5.76. The van der Waals surface area contributed by atoms with Gasteiger partial charge in [0.15, 0.2) is 0 Å². The van der Waals surface area contributed by atoms with Crippen molar-refractivity contribution in [3.63, 3.8) is 0 Å². The van der Waals surface area contributed by atoms with Crippen molar-refractivity contribution in [2.24, 2.45) is 0 Å². The largest absolute Gasteiger partial charge is 0.376 e. The van der Waals surface area contributed by atoms with Gasteiger partial charge in [0.25, 0.3) is 5.56 Å². The normalized spacial score (nSPS) is 16.6. The van der Waals surface area contributed by atoms with E-state index in [-0.39, 0.29) is 18.6 Å². The standard InChI is InChI=1S/C18H22N4O4/c1-13-9-22(18(25)20-17(13)24)12-16(23)21(11-15-6-4-8-26-15)10-14-5-2-3-7-19-14/h2-3,5,7,9,15H,4,6,8,10-12H2,1H3,(H,20,24,25)/t15-/m1/s1. The fourth-order valence-electron chi connectivity index (χ4n) is 2.96. The second-order valence-corrected chi connectivity index (χ2v) is 6.43. The molecule has 0 aromatic carbocycles. The molecule has 3 heterocycles. The number of aromatic nitrogens is 3. The van der Waals surface area contributed by atoms with Crippen molar-refractivity contribution < 1.29 is 9.53 Å². The van der Waals surface area contributed by atoms with Crippen molar-refractivity contribution in [1.29, 1.82) is 0 Å². The second kappa shape index (κ2) is 8.09. The number of pyridine rings is 1. The van der Waals surface area contributed by atoms with Crippen LogP contribution in [0, 0.1) is 6.92 Å². The van der Waals surface area contributed by atoms with Crippen LogP contribution in [-0.2, 0) is 22.6 Å². The number of nitrogens with one attached hydrogen (secondary N) is 1. The van der Waals surface area contributed by atoms with Crippen LogP contribution in [0.4, 0.5) is 0 Å². The molecule has 1 aliphatic rings. The molecule has 0 radical (unpaired) electrons. The van der Waals surface area contributed by atoms with Gasteiger partial charge in [-0.2, -0.15) is 0 Å². The van der Waals surface area contributed by atoms with Crippen LogP contribution in [0.5, 0.6) is 0 Å². The van der Waals surface area contributed by atoms with Gasteiger partial charge >= 0.3 is 5.69 Å². The fourth-order valence-corrected chi connectivity index (χ4v) is 2.96. The van der Waals surface area contributed by atoms with Crippen LogP contribution in [0.3, 0.4) is 0 Å². The van der Waals surface area contributed by atoms with Gasteiger partial charge in [0, 0.05) is 31.1 Å². The topological polar surface area (TPSA) is 97.3 Å². The SMILES string of the molecule is Cc1cn(CC(=O)N(Cc2ccccn2)C[C@H]2CCCO2)c(=O)[nH]c1=O. The molecule has 0 bridgehead atoms. The van der Waals surface area contributed by atoms with E-state index in [0.29, 0.717) is 25.3 Å². The number of aromatic amines is 1. The highest BCUT2D eigenvalue weighted by Gasteiger charge is 2.23. The lowest BCUT2D eigenvalue weighted by Crippen LogP contribution is -2.41. The van der Waals surface area contributed by atoms with Gasteiger partial charge < -0.3 is 9.64 Å². The molecule has 26 heavy (non-hydrogen) atoms. The Kier molecular flexibility index (Phi) is 5.62. The molecule has 1 fully saturated rings. The Balaban J connectivity index is 1.78. The van der Waals surface area contributed by atoms with E-state index in [9.17, 15) is 14.4 Å². The molecule has 1 amide bonds. The highest BCUT2D eigenvalue weighted by atomic mass is 16.5. The van der Waals surface area contributed by atoms with Crippen LogP contribution in [0.1, 0.15) is 24.1 Å². The van der Waals surface area contributed by atoms with Crippen LogP contribution in [0.15, 0.2) is 40.2 Å². The predicted octanol–water partition coefficient (Wildman–Crippen LogP) is 0.448. The number of ether oxygens (including phenoxy) is 1. The summed E-state index contributed by atoms with van der Waals surface area (Å²) in [7, 11) is 0. The van der Waals surface area contributed by atoms with Gasteiger partial charge in [-0.1, -0.05) is 6.07 Å². The van der Waals surface area contributed by atoms with E-state index in [0.717, 1.165) is 18.5 Å². The van der Waals surface area contributed by atoms with Crippen LogP contribution in [0.25, 0.3) is 0 Å². The Morgan fingerprint density at radius 2 is 2.27 bits per heavy atom. The molecular formula is C18H22N4O4. The van der Waals surface area contributed by atoms with E-state index in [1.54, 1.807) is 18.0 Å². The van der Waals surface area contributed by atoms with E-state index < -0.39 is 11.2 Å². The lowest BCUT2D eigenvalue weighted by atomic mass is 10.2. The molecule has 1 N–H and O–H groups in total. The number of carbonyl (C=O) groups is 1. The number of rotatable bonds is 6. The third-order valence-corrected chi connectivity index (χ3v) is 4.37. The van der Waals surface area contributed by atoms with E-state index in [1.807, 2.05) is 18.2 Å². The Morgan fingerprint density at radius 1 is 1.42 bits per heavy atom. The van der Waals surface area contributed by atoms with Crippen molar-refractivity contribution in [1.82, 2.24) is 19.4 Å². The number of hydrogen-bond acceptors (Lipinski definition) is 5. The molecule has 138 valence electrons. The van der Waals surface area contributed by atoms with Crippen molar-refractivity contribution in [3.05, 3.63) is 62.7 Å². The minimum Gasteiger partial charge on any atom is -0.376 e. The molecule has 2 aromatic rings. The number of aryl methyl sites for hydroxylation is 1. The summed E-state index contributed by atoms with van der Waals surface area (Å²) in [6, 6.07) is 5.54. The van der Waals surface area contributed by atoms with Gasteiger partial charge in [-0.15, -0.1) is 0 Å². The summed E-state index contributed by atoms with van der Waals surface area (Å²) in [5, 5.41) is 0. The monoisotopic (exact) mass is 358 g/mol. The summed E-state index contributed by atoms with van der Waals surface area (Å²) >= 11 is 0. The molecule has 8 nitrogen and oxygen atoms in total. The quantitative estimate of drug-likeness (QED) is 0.808. The number of nitrogens with zero attached hydrogens (tertiary/aromatic N) is 3. The first-order valence-corrected chi connectivity index (χ1v) is 8.62. The van der Waals surface area contributed by atoms with E-state index in [2.05, 4.69) is 9.97 Å². The smallest absolute Gasteiger partial charge is 0.328 e. The van der Waals surface area contributed by atoms with Crippen molar-refractivity contribution in [2.45, 2.75) is 39.0 Å².